The van der Waals surface area contributed by atoms with Gasteiger partial charge in [0.05, 0.1) is 12.2 Å². The molecule has 1 heterocycles. The monoisotopic (exact) mass is 427 g/mol. The molecule has 1 N–H and O–H groups in total. The van der Waals surface area contributed by atoms with Crippen LogP contribution in [0.5, 0.6) is 0 Å². The topological polar surface area (TPSA) is 46.1 Å². The van der Waals surface area contributed by atoms with Gasteiger partial charge in [-0.05, 0) is 47.0 Å². The zero-order valence-corrected chi connectivity index (χ0v) is 17.0. The Bertz CT molecular complexity index is 293. The summed E-state index contributed by atoms with van der Waals surface area (Å²) < 4.78 is 11.3. The van der Waals surface area contributed by atoms with Crippen molar-refractivity contribution in [1.29, 1.82) is 0 Å². The van der Waals surface area contributed by atoms with Gasteiger partial charge in [0.25, 0.3) is 0 Å². The first-order valence-corrected chi connectivity index (χ1v) is 8.43. The van der Waals surface area contributed by atoms with E-state index in [4.69, 9.17) is 14.5 Å². The Balaban J connectivity index is 0.00000441. The van der Waals surface area contributed by atoms with Crippen molar-refractivity contribution >= 4 is 29.9 Å². The van der Waals surface area contributed by atoms with Crippen molar-refractivity contribution in [2.24, 2.45) is 4.99 Å². The largest absolute Gasteiger partial charge is 0.379 e. The fraction of sp³-hybridized carbons (Fsp3) is 0.938. The highest BCUT2D eigenvalue weighted by molar-refractivity contribution is 14.0. The molecule has 0 aromatic rings. The van der Waals surface area contributed by atoms with E-state index in [-0.39, 0.29) is 24.0 Å². The second-order valence-corrected chi connectivity index (χ2v) is 5.65. The molecule has 1 fully saturated rings. The van der Waals surface area contributed by atoms with E-state index >= 15 is 0 Å². The quantitative estimate of drug-likeness (QED) is 0.280. The first-order valence-electron chi connectivity index (χ1n) is 8.43. The third-order valence-electron chi connectivity index (χ3n) is 3.49. The molecule has 0 saturated carbocycles. The molecule has 0 unspecified atom stereocenters. The highest BCUT2D eigenvalue weighted by Gasteiger charge is 2.21. The maximum Gasteiger partial charge on any atom is 0.193 e. The Morgan fingerprint density at radius 3 is 2.50 bits per heavy atom. The van der Waals surface area contributed by atoms with Gasteiger partial charge in [0.1, 0.15) is 0 Å². The molecular weight excluding hydrogens is 393 g/mol. The summed E-state index contributed by atoms with van der Waals surface area (Å²) in [5.41, 5.74) is 0. The van der Waals surface area contributed by atoms with Gasteiger partial charge in [-0.15, -0.1) is 24.0 Å². The molecule has 132 valence electrons. The summed E-state index contributed by atoms with van der Waals surface area (Å²) in [6.07, 6.45) is 3.89. The number of likely N-dealkylation sites (tertiary alicyclic amines) is 1. The second kappa shape index (κ2) is 13.4. The molecule has 0 aromatic heterocycles. The second-order valence-electron chi connectivity index (χ2n) is 5.65. The molecule has 0 amide bonds. The lowest BCUT2D eigenvalue weighted by atomic mass is 10.1. The van der Waals surface area contributed by atoms with E-state index in [0.29, 0.717) is 12.2 Å². The summed E-state index contributed by atoms with van der Waals surface area (Å²) in [4.78, 5) is 7.07. The number of nitrogens with one attached hydrogen (secondary N) is 1. The number of hydrogen-bond acceptors (Lipinski definition) is 3. The molecule has 1 aliphatic heterocycles. The third-order valence-corrected chi connectivity index (χ3v) is 3.49. The van der Waals surface area contributed by atoms with Crippen molar-refractivity contribution in [1.82, 2.24) is 10.2 Å². The number of halogens is 1. The Hall–Kier alpha value is -0.0800. The fourth-order valence-electron chi connectivity index (χ4n) is 2.46. The molecule has 0 aliphatic carbocycles. The van der Waals surface area contributed by atoms with E-state index in [1.54, 1.807) is 0 Å². The molecule has 0 bridgehead atoms. The number of ether oxygens (including phenoxy) is 2. The van der Waals surface area contributed by atoms with Gasteiger partial charge in [0.2, 0.25) is 0 Å². The molecular formula is C16H34IN3O2. The molecule has 0 atom stereocenters. The molecule has 5 nitrogen and oxygen atoms in total. The lowest BCUT2D eigenvalue weighted by molar-refractivity contribution is 0.0263. The molecule has 1 rings (SSSR count). The zero-order chi connectivity index (χ0) is 15.5. The maximum atomic E-state index is 5.70. The summed E-state index contributed by atoms with van der Waals surface area (Å²) in [6.45, 7) is 13.7. The van der Waals surface area contributed by atoms with Crippen molar-refractivity contribution in [2.45, 2.75) is 59.2 Å². The van der Waals surface area contributed by atoms with E-state index in [9.17, 15) is 0 Å². The predicted octanol–water partition coefficient (Wildman–Crippen LogP) is 2.89. The minimum Gasteiger partial charge on any atom is -0.379 e. The van der Waals surface area contributed by atoms with Crippen LogP contribution in [0.4, 0.5) is 0 Å². The summed E-state index contributed by atoms with van der Waals surface area (Å²) in [5.74, 6) is 1.04. The fourth-order valence-corrected chi connectivity index (χ4v) is 2.46. The molecule has 0 spiro atoms. The SMILES string of the molecule is CCNC(=NCCCOC(C)C)N1CCC(OCC)CC1.I. The van der Waals surface area contributed by atoms with Gasteiger partial charge in [0.15, 0.2) is 5.96 Å². The highest BCUT2D eigenvalue weighted by Crippen LogP contribution is 2.13. The van der Waals surface area contributed by atoms with Gasteiger partial charge in [0, 0.05) is 39.4 Å². The first-order chi connectivity index (χ1) is 10.2. The normalized spacial score (nSPS) is 16.8. The molecule has 22 heavy (non-hydrogen) atoms. The Labute approximate surface area is 153 Å². The van der Waals surface area contributed by atoms with E-state index in [2.05, 4.69) is 37.9 Å². The smallest absolute Gasteiger partial charge is 0.193 e. The average molecular weight is 427 g/mol. The van der Waals surface area contributed by atoms with Gasteiger partial charge in [-0.2, -0.15) is 0 Å². The van der Waals surface area contributed by atoms with E-state index in [0.717, 1.165) is 64.6 Å². The van der Waals surface area contributed by atoms with Crippen molar-refractivity contribution in [2.75, 3.05) is 39.4 Å². The molecule has 1 saturated heterocycles. The van der Waals surface area contributed by atoms with Crippen molar-refractivity contribution in [3.63, 3.8) is 0 Å². The standard InChI is InChI=1S/C16H33N3O2.HI/c1-5-17-16(18-10-7-13-21-14(3)4)19-11-8-15(9-12-19)20-6-2;/h14-15H,5-13H2,1-4H3,(H,17,18);1H. The van der Waals surface area contributed by atoms with Crippen LogP contribution in [0.2, 0.25) is 0 Å². The van der Waals surface area contributed by atoms with Crippen LogP contribution in [0.15, 0.2) is 4.99 Å². The number of rotatable bonds is 8. The van der Waals surface area contributed by atoms with E-state index < -0.39 is 0 Å². The van der Waals surface area contributed by atoms with Crippen LogP contribution in [0.3, 0.4) is 0 Å². The highest BCUT2D eigenvalue weighted by atomic mass is 127. The summed E-state index contributed by atoms with van der Waals surface area (Å²) in [7, 11) is 0. The number of guanidine groups is 1. The Morgan fingerprint density at radius 1 is 1.27 bits per heavy atom. The van der Waals surface area contributed by atoms with Crippen LogP contribution in [0.25, 0.3) is 0 Å². The van der Waals surface area contributed by atoms with Crippen LogP contribution in [0.1, 0.15) is 47.0 Å². The minimum atomic E-state index is 0. The Kier molecular flexibility index (Phi) is 13.3. The predicted molar refractivity (Wildman–Crippen MR) is 103 cm³/mol. The van der Waals surface area contributed by atoms with Gasteiger partial charge in [-0.25, -0.2) is 0 Å². The van der Waals surface area contributed by atoms with Gasteiger partial charge >= 0.3 is 0 Å². The first kappa shape index (κ1) is 21.9. The van der Waals surface area contributed by atoms with Gasteiger partial charge in [-0.1, -0.05) is 0 Å². The van der Waals surface area contributed by atoms with Crippen molar-refractivity contribution in [3.8, 4) is 0 Å². The van der Waals surface area contributed by atoms with Crippen molar-refractivity contribution in [3.05, 3.63) is 0 Å². The number of hydrogen-bond donors (Lipinski definition) is 1. The minimum absolute atomic E-state index is 0. The molecule has 6 heteroatoms. The van der Waals surface area contributed by atoms with E-state index in [1.165, 1.54) is 0 Å². The summed E-state index contributed by atoms with van der Waals surface area (Å²) in [6, 6.07) is 0. The maximum absolute atomic E-state index is 5.70. The number of piperidine rings is 1. The molecule has 0 aromatic carbocycles. The number of nitrogens with zero attached hydrogens (tertiary/aromatic N) is 2. The zero-order valence-electron chi connectivity index (χ0n) is 14.6. The summed E-state index contributed by atoms with van der Waals surface area (Å²) >= 11 is 0. The number of aliphatic imine (C=N–C) groups is 1. The van der Waals surface area contributed by atoms with E-state index in [1.807, 2.05) is 0 Å². The van der Waals surface area contributed by atoms with Crippen molar-refractivity contribution < 1.29 is 9.47 Å². The lowest BCUT2D eigenvalue weighted by Gasteiger charge is -2.34. The Morgan fingerprint density at radius 2 is 1.95 bits per heavy atom. The van der Waals surface area contributed by atoms with Crippen LogP contribution < -0.4 is 5.32 Å². The third kappa shape index (κ3) is 9.15. The van der Waals surface area contributed by atoms with Crippen LogP contribution >= 0.6 is 24.0 Å². The van der Waals surface area contributed by atoms with Crippen LogP contribution in [-0.2, 0) is 9.47 Å². The van der Waals surface area contributed by atoms with Crippen LogP contribution in [-0.4, -0.2) is 62.5 Å². The molecule has 0 radical (unpaired) electrons. The van der Waals surface area contributed by atoms with Crippen LogP contribution in [0, 0.1) is 0 Å². The van der Waals surface area contributed by atoms with Gasteiger partial charge in [-0.3, -0.25) is 4.99 Å². The molecule has 1 aliphatic rings. The lowest BCUT2D eigenvalue weighted by Crippen LogP contribution is -2.47. The average Bonchev–Trinajstić information content (AvgIpc) is 2.47. The summed E-state index contributed by atoms with van der Waals surface area (Å²) in [5, 5.41) is 3.39. The van der Waals surface area contributed by atoms with Gasteiger partial charge < -0.3 is 19.7 Å².